The summed E-state index contributed by atoms with van der Waals surface area (Å²) >= 11 is 7.62. The van der Waals surface area contributed by atoms with E-state index in [0.717, 1.165) is 6.42 Å². The van der Waals surface area contributed by atoms with Gasteiger partial charge in [-0.25, -0.2) is 0 Å². The Morgan fingerprint density at radius 1 is 1.00 bits per heavy atom. The molecule has 0 bridgehead atoms. The van der Waals surface area contributed by atoms with Gasteiger partial charge < -0.3 is 0 Å². The zero-order chi connectivity index (χ0) is 12.8. The van der Waals surface area contributed by atoms with Gasteiger partial charge in [0.15, 0.2) is 0 Å². The number of benzene rings is 2. The van der Waals surface area contributed by atoms with Gasteiger partial charge in [0.1, 0.15) is 0 Å². The number of thiophene rings is 1. The van der Waals surface area contributed by atoms with Crippen LogP contribution >= 0.6 is 39.0 Å². The van der Waals surface area contributed by atoms with Gasteiger partial charge in [-0.15, -0.1) is 23.1 Å². The normalized spacial score (nSPS) is 17.8. The summed E-state index contributed by atoms with van der Waals surface area (Å²) < 4.78 is 2.67. The first-order chi connectivity index (χ1) is 9.33. The molecule has 94 valence electrons. The van der Waals surface area contributed by atoms with E-state index in [4.69, 9.17) is 0 Å². The largest absolute Gasteiger partial charge is 0.128 e. The lowest BCUT2D eigenvalue weighted by Crippen LogP contribution is -1.91. The Morgan fingerprint density at radius 2 is 1.79 bits per heavy atom. The van der Waals surface area contributed by atoms with E-state index in [1.807, 2.05) is 23.1 Å². The molecule has 0 aliphatic carbocycles. The number of fused-ring (bicyclic) bond motifs is 2. The highest BCUT2D eigenvalue weighted by atomic mass is 79.9. The minimum absolute atomic E-state index is 0.544. The Morgan fingerprint density at radius 3 is 2.68 bits per heavy atom. The summed E-state index contributed by atoms with van der Waals surface area (Å²) in [6.45, 7) is 0. The van der Waals surface area contributed by atoms with Crippen LogP contribution in [0.4, 0.5) is 0 Å². The van der Waals surface area contributed by atoms with Gasteiger partial charge >= 0.3 is 0 Å². The Bertz CT molecular complexity index is 735. The monoisotopic (exact) mass is 346 g/mol. The van der Waals surface area contributed by atoms with Gasteiger partial charge in [-0.3, -0.25) is 0 Å². The van der Waals surface area contributed by atoms with E-state index in [2.05, 4.69) is 64.5 Å². The quantitative estimate of drug-likeness (QED) is 0.516. The highest BCUT2D eigenvalue weighted by Crippen LogP contribution is 2.51. The standard InChI is InChI=1S/C16H11BrS2/c17-16-15(11-6-2-4-8-13(11)19-16)14-9-10-5-1-3-7-12(10)18-14/h1-8,14H,9H2. The number of hydrogen-bond donors (Lipinski definition) is 0. The molecule has 0 saturated heterocycles. The molecule has 0 fully saturated rings. The molecule has 0 radical (unpaired) electrons. The smallest absolute Gasteiger partial charge is 0.0754 e. The predicted octanol–water partition coefficient (Wildman–Crippen LogP) is 6.05. The Balaban J connectivity index is 1.83. The van der Waals surface area contributed by atoms with Crippen LogP contribution in [0.15, 0.2) is 57.2 Å². The second kappa shape index (κ2) is 4.65. The van der Waals surface area contributed by atoms with Crippen LogP contribution in [-0.4, -0.2) is 0 Å². The minimum atomic E-state index is 0.544. The van der Waals surface area contributed by atoms with Crippen LogP contribution in [0, 0.1) is 0 Å². The van der Waals surface area contributed by atoms with Crippen molar-refractivity contribution in [3.63, 3.8) is 0 Å². The van der Waals surface area contributed by atoms with Gasteiger partial charge in [0.05, 0.1) is 3.79 Å². The summed E-state index contributed by atoms with van der Waals surface area (Å²) in [5.41, 5.74) is 2.96. The molecular formula is C16H11BrS2. The molecule has 0 spiro atoms. The summed E-state index contributed by atoms with van der Waals surface area (Å²) in [4.78, 5) is 1.44. The van der Waals surface area contributed by atoms with E-state index in [-0.39, 0.29) is 0 Å². The number of thioether (sulfide) groups is 1. The minimum Gasteiger partial charge on any atom is -0.128 e. The molecule has 1 aliphatic rings. The van der Waals surface area contributed by atoms with Crippen LogP contribution in [0.2, 0.25) is 0 Å². The van der Waals surface area contributed by atoms with E-state index in [1.165, 1.54) is 29.9 Å². The van der Waals surface area contributed by atoms with Gasteiger partial charge in [0, 0.05) is 14.8 Å². The zero-order valence-corrected chi connectivity index (χ0v) is 13.3. The summed E-state index contributed by atoms with van der Waals surface area (Å²) in [5.74, 6) is 0. The van der Waals surface area contributed by atoms with E-state index in [1.54, 1.807) is 0 Å². The molecule has 1 unspecified atom stereocenters. The van der Waals surface area contributed by atoms with E-state index < -0.39 is 0 Å². The molecule has 0 saturated carbocycles. The van der Waals surface area contributed by atoms with Crippen LogP contribution in [-0.2, 0) is 6.42 Å². The van der Waals surface area contributed by atoms with Crippen molar-refractivity contribution in [2.75, 3.05) is 0 Å². The average Bonchev–Trinajstić information content (AvgIpc) is 2.97. The fraction of sp³-hybridized carbons (Fsp3) is 0.125. The first-order valence-corrected chi connectivity index (χ1v) is 8.73. The number of halogens is 1. The third-order valence-corrected chi connectivity index (χ3v) is 6.78. The van der Waals surface area contributed by atoms with E-state index in [9.17, 15) is 0 Å². The van der Waals surface area contributed by atoms with Crippen molar-refractivity contribution in [2.24, 2.45) is 0 Å². The molecule has 0 nitrogen and oxygen atoms in total. The molecule has 3 heteroatoms. The number of hydrogen-bond acceptors (Lipinski definition) is 2. The topological polar surface area (TPSA) is 0 Å². The van der Waals surface area contributed by atoms with Crippen LogP contribution in [0.25, 0.3) is 10.1 Å². The van der Waals surface area contributed by atoms with Crippen molar-refractivity contribution in [3.8, 4) is 0 Å². The summed E-state index contributed by atoms with van der Waals surface area (Å²) in [6, 6.07) is 17.5. The van der Waals surface area contributed by atoms with Crippen molar-refractivity contribution >= 4 is 49.1 Å². The van der Waals surface area contributed by atoms with Gasteiger partial charge in [0.2, 0.25) is 0 Å². The fourth-order valence-electron chi connectivity index (χ4n) is 2.68. The average molecular weight is 347 g/mol. The van der Waals surface area contributed by atoms with Crippen molar-refractivity contribution < 1.29 is 0 Å². The molecule has 1 aromatic heterocycles. The molecule has 0 amide bonds. The fourth-order valence-corrected chi connectivity index (χ4v) is 6.30. The third kappa shape index (κ3) is 1.95. The van der Waals surface area contributed by atoms with Crippen molar-refractivity contribution in [1.82, 2.24) is 0 Å². The third-order valence-electron chi connectivity index (χ3n) is 3.56. The zero-order valence-electron chi connectivity index (χ0n) is 10.1. The maximum Gasteiger partial charge on any atom is 0.0754 e. The highest BCUT2D eigenvalue weighted by molar-refractivity contribution is 9.11. The van der Waals surface area contributed by atoms with E-state index >= 15 is 0 Å². The second-order valence-electron chi connectivity index (χ2n) is 4.70. The molecule has 19 heavy (non-hydrogen) atoms. The Kier molecular flexibility index (Phi) is 2.94. The molecule has 2 aromatic carbocycles. The van der Waals surface area contributed by atoms with Gasteiger partial charge in [0.25, 0.3) is 0 Å². The second-order valence-corrected chi connectivity index (χ2v) is 8.32. The first kappa shape index (κ1) is 12.0. The SMILES string of the molecule is Brc1sc2ccccc2c1C1Cc2ccccc2S1. The summed E-state index contributed by atoms with van der Waals surface area (Å²) in [5, 5.41) is 1.95. The molecule has 1 aliphatic heterocycles. The molecular weight excluding hydrogens is 336 g/mol. The lowest BCUT2D eigenvalue weighted by Gasteiger charge is -2.08. The lowest BCUT2D eigenvalue weighted by atomic mass is 10.0. The maximum absolute atomic E-state index is 3.77. The van der Waals surface area contributed by atoms with Crippen LogP contribution in [0.5, 0.6) is 0 Å². The van der Waals surface area contributed by atoms with Gasteiger partial charge in [-0.1, -0.05) is 36.4 Å². The highest BCUT2D eigenvalue weighted by Gasteiger charge is 2.27. The van der Waals surface area contributed by atoms with Crippen LogP contribution in [0.3, 0.4) is 0 Å². The van der Waals surface area contributed by atoms with Gasteiger partial charge in [-0.05, 0) is 51.0 Å². The molecule has 1 atom stereocenters. The van der Waals surface area contributed by atoms with Crippen molar-refractivity contribution in [2.45, 2.75) is 16.6 Å². The lowest BCUT2D eigenvalue weighted by molar-refractivity contribution is 0.958. The summed E-state index contributed by atoms with van der Waals surface area (Å²) in [7, 11) is 0. The van der Waals surface area contributed by atoms with Gasteiger partial charge in [-0.2, -0.15) is 0 Å². The van der Waals surface area contributed by atoms with Crippen molar-refractivity contribution in [1.29, 1.82) is 0 Å². The molecule has 3 aromatic rings. The molecule has 0 N–H and O–H groups in total. The maximum atomic E-state index is 3.77. The van der Waals surface area contributed by atoms with Crippen LogP contribution in [0.1, 0.15) is 16.4 Å². The summed E-state index contributed by atoms with van der Waals surface area (Å²) in [6.07, 6.45) is 1.14. The molecule has 4 rings (SSSR count). The first-order valence-electron chi connectivity index (χ1n) is 6.24. The van der Waals surface area contributed by atoms with Crippen molar-refractivity contribution in [3.05, 3.63) is 63.4 Å². The van der Waals surface area contributed by atoms with Crippen LogP contribution < -0.4 is 0 Å². The number of rotatable bonds is 1. The van der Waals surface area contributed by atoms with E-state index in [0.29, 0.717) is 5.25 Å². The Hall–Kier alpha value is -0.770. The predicted molar refractivity (Wildman–Crippen MR) is 88.3 cm³/mol. The molecule has 2 heterocycles. The Labute approximate surface area is 129 Å².